The predicted molar refractivity (Wildman–Crippen MR) is 80.3 cm³/mol. The van der Waals surface area contributed by atoms with Crippen LogP contribution in [0.4, 0.5) is 5.69 Å². The Morgan fingerprint density at radius 3 is 2.70 bits per heavy atom. The summed E-state index contributed by atoms with van der Waals surface area (Å²) in [7, 11) is 0. The minimum Gasteiger partial charge on any atom is -0.465 e. The highest BCUT2D eigenvalue weighted by Crippen LogP contribution is 2.22. The Kier molecular flexibility index (Phi) is 3.33. The number of hydrogen-bond donors (Lipinski definition) is 1. The van der Waals surface area contributed by atoms with Crippen LogP contribution in [0.3, 0.4) is 0 Å². The predicted octanol–water partition coefficient (Wildman–Crippen LogP) is 4.08. The van der Waals surface area contributed by atoms with Gasteiger partial charge in [-0.05, 0) is 29.7 Å². The Bertz CT molecular complexity index is 752. The lowest BCUT2D eigenvalue weighted by Gasteiger charge is -2.06. The Labute approximate surface area is 116 Å². The maximum absolute atomic E-state index is 11.9. The molecule has 98 valence electrons. The summed E-state index contributed by atoms with van der Waals surface area (Å²) >= 11 is 0. The summed E-state index contributed by atoms with van der Waals surface area (Å²) in [6, 6.07) is 17.3. The van der Waals surface area contributed by atoms with Gasteiger partial charge in [0.1, 0.15) is 5.76 Å². The van der Waals surface area contributed by atoms with Crippen molar-refractivity contribution in [2.45, 2.75) is 0 Å². The molecule has 0 aliphatic heterocycles. The van der Waals surface area contributed by atoms with Crippen molar-refractivity contribution in [3.8, 4) is 0 Å². The van der Waals surface area contributed by atoms with E-state index in [1.54, 1.807) is 24.5 Å². The number of rotatable bonds is 3. The van der Waals surface area contributed by atoms with Crippen LogP contribution in [0.15, 0.2) is 71.4 Å². The summed E-state index contributed by atoms with van der Waals surface area (Å²) in [5, 5.41) is 5.00. The first kappa shape index (κ1) is 12.2. The normalized spacial score (nSPS) is 11.0. The van der Waals surface area contributed by atoms with Gasteiger partial charge in [-0.1, -0.05) is 36.4 Å². The van der Waals surface area contributed by atoms with Gasteiger partial charge in [0.25, 0.3) is 0 Å². The van der Waals surface area contributed by atoms with E-state index >= 15 is 0 Å². The van der Waals surface area contributed by atoms with Crippen molar-refractivity contribution >= 4 is 28.4 Å². The molecule has 20 heavy (non-hydrogen) atoms. The molecule has 2 aromatic carbocycles. The molecule has 3 nitrogen and oxygen atoms in total. The minimum atomic E-state index is -0.183. The summed E-state index contributed by atoms with van der Waals surface area (Å²) in [6.07, 6.45) is 4.67. The number of hydrogen-bond acceptors (Lipinski definition) is 2. The zero-order valence-electron chi connectivity index (χ0n) is 10.7. The van der Waals surface area contributed by atoms with Crippen molar-refractivity contribution in [1.29, 1.82) is 0 Å². The van der Waals surface area contributed by atoms with Crippen molar-refractivity contribution in [3.05, 3.63) is 72.7 Å². The number of nitrogens with one attached hydrogen (secondary N) is 1. The second kappa shape index (κ2) is 5.45. The lowest BCUT2D eigenvalue weighted by atomic mass is 10.1. The smallest absolute Gasteiger partial charge is 0.248 e. The van der Waals surface area contributed by atoms with Gasteiger partial charge in [-0.2, -0.15) is 0 Å². The zero-order valence-corrected chi connectivity index (χ0v) is 10.7. The molecule has 1 aromatic heterocycles. The van der Waals surface area contributed by atoms with E-state index in [4.69, 9.17) is 4.42 Å². The first-order valence-corrected chi connectivity index (χ1v) is 6.33. The molecule has 3 rings (SSSR count). The number of anilines is 1. The van der Waals surface area contributed by atoms with E-state index in [-0.39, 0.29) is 5.91 Å². The van der Waals surface area contributed by atoms with E-state index in [1.807, 2.05) is 42.5 Å². The Morgan fingerprint density at radius 2 is 1.85 bits per heavy atom. The molecule has 0 aliphatic carbocycles. The summed E-state index contributed by atoms with van der Waals surface area (Å²) in [5.41, 5.74) is 0.803. The second-order valence-electron chi connectivity index (χ2n) is 4.36. The highest BCUT2D eigenvalue weighted by atomic mass is 16.3. The van der Waals surface area contributed by atoms with E-state index in [0.717, 1.165) is 16.5 Å². The monoisotopic (exact) mass is 263 g/mol. The fraction of sp³-hybridized carbons (Fsp3) is 0. The molecule has 0 unspecified atom stereocenters. The molecule has 3 aromatic rings. The van der Waals surface area contributed by atoms with Crippen LogP contribution in [0.25, 0.3) is 16.8 Å². The molecule has 1 heterocycles. The summed E-state index contributed by atoms with van der Waals surface area (Å²) in [4.78, 5) is 11.9. The topological polar surface area (TPSA) is 42.2 Å². The van der Waals surface area contributed by atoms with Crippen LogP contribution >= 0.6 is 0 Å². The van der Waals surface area contributed by atoms with Gasteiger partial charge in [-0.25, -0.2) is 0 Å². The number of amides is 1. The van der Waals surface area contributed by atoms with Gasteiger partial charge in [0, 0.05) is 17.1 Å². The van der Waals surface area contributed by atoms with Crippen LogP contribution < -0.4 is 5.32 Å². The SMILES string of the molecule is O=C(/C=C/c1ccco1)Nc1cccc2ccccc12. The van der Waals surface area contributed by atoms with E-state index in [1.165, 1.54) is 6.08 Å². The van der Waals surface area contributed by atoms with E-state index in [0.29, 0.717) is 5.76 Å². The molecule has 0 saturated carbocycles. The third-order valence-electron chi connectivity index (χ3n) is 2.99. The summed E-state index contributed by atoms with van der Waals surface area (Å²) < 4.78 is 5.14. The maximum Gasteiger partial charge on any atom is 0.248 e. The molecule has 0 radical (unpaired) electrons. The van der Waals surface area contributed by atoms with Gasteiger partial charge in [-0.15, -0.1) is 0 Å². The van der Waals surface area contributed by atoms with Crippen molar-refractivity contribution < 1.29 is 9.21 Å². The third kappa shape index (κ3) is 2.62. The van der Waals surface area contributed by atoms with E-state index in [2.05, 4.69) is 5.32 Å². The van der Waals surface area contributed by atoms with Crippen LogP contribution in [0.2, 0.25) is 0 Å². The molecule has 1 amide bonds. The number of fused-ring (bicyclic) bond motifs is 1. The minimum absolute atomic E-state index is 0.183. The van der Waals surface area contributed by atoms with Gasteiger partial charge in [-0.3, -0.25) is 4.79 Å². The average Bonchev–Trinajstić information content (AvgIpc) is 2.99. The fourth-order valence-electron chi connectivity index (χ4n) is 2.05. The van der Waals surface area contributed by atoms with Crippen LogP contribution in [-0.4, -0.2) is 5.91 Å². The van der Waals surface area contributed by atoms with Crippen LogP contribution in [0.5, 0.6) is 0 Å². The van der Waals surface area contributed by atoms with Gasteiger partial charge in [0.15, 0.2) is 0 Å². The second-order valence-corrected chi connectivity index (χ2v) is 4.36. The molecule has 1 N–H and O–H groups in total. The highest BCUT2D eigenvalue weighted by Gasteiger charge is 2.02. The van der Waals surface area contributed by atoms with E-state index in [9.17, 15) is 4.79 Å². The Balaban J connectivity index is 1.81. The third-order valence-corrected chi connectivity index (χ3v) is 2.99. The molecular weight excluding hydrogens is 250 g/mol. The largest absolute Gasteiger partial charge is 0.465 e. The number of carbonyl (C=O) groups is 1. The van der Waals surface area contributed by atoms with Crippen molar-refractivity contribution in [3.63, 3.8) is 0 Å². The molecule has 0 aliphatic rings. The molecule has 0 fully saturated rings. The highest BCUT2D eigenvalue weighted by molar-refractivity contribution is 6.07. The van der Waals surface area contributed by atoms with Crippen LogP contribution in [-0.2, 0) is 4.79 Å². The quantitative estimate of drug-likeness (QED) is 0.723. The van der Waals surface area contributed by atoms with Crippen molar-refractivity contribution in [1.82, 2.24) is 0 Å². The average molecular weight is 263 g/mol. The lowest BCUT2D eigenvalue weighted by molar-refractivity contribution is -0.111. The first-order chi connectivity index (χ1) is 9.83. The van der Waals surface area contributed by atoms with Crippen molar-refractivity contribution in [2.75, 3.05) is 5.32 Å². The Morgan fingerprint density at radius 1 is 1.00 bits per heavy atom. The van der Waals surface area contributed by atoms with Crippen LogP contribution in [0.1, 0.15) is 5.76 Å². The maximum atomic E-state index is 11.9. The molecule has 0 saturated heterocycles. The zero-order chi connectivity index (χ0) is 13.8. The molecule has 3 heteroatoms. The van der Waals surface area contributed by atoms with Gasteiger partial charge in [0.2, 0.25) is 5.91 Å². The lowest BCUT2D eigenvalue weighted by Crippen LogP contribution is -2.07. The molecule has 0 atom stereocenters. The molecule has 0 spiro atoms. The Hall–Kier alpha value is -2.81. The standard InChI is InChI=1S/C17H13NO2/c19-17(11-10-14-7-4-12-20-14)18-16-9-3-6-13-5-1-2-8-15(13)16/h1-12H,(H,18,19)/b11-10+. The molecule has 0 bridgehead atoms. The molecular formula is C17H13NO2. The van der Waals surface area contributed by atoms with Gasteiger partial charge < -0.3 is 9.73 Å². The van der Waals surface area contributed by atoms with Crippen molar-refractivity contribution in [2.24, 2.45) is 0 Å². The van der Waals surface area contributed by atoms with Gasteiger partial charge in [0.05, 0.1) is 6.26 Å². The fourth-order valence-corrected chi connectivity index (χ4v) is 2.05. The first-order valence-electron chi connectivity index (χ1n) is 6.33. The number of benzene rings is 2. The summed E-state index contributed by atoms with van der Waals surface area (Å²) in [6.45, 7) is 0. The van der Waals surface area contributed by atoms with Crippen LogP contribution in [0, 0.1) is 0 Å². The number of furan rings is 1. The van der Waals surface area contributed by atoms with E-state index < -0.39 is 0 Å². The number of carbonyl (C=O) groups excluding carboxylic acids is 1. The summed E-state index contributed by atoms with van der Waals surface area (Å²) in [5.74, 6) is 0.468. The van der Waals surface area contributed by atoms with Gasteiger partial charge >= 0.3 is 0 Å².